The smallest absolute Gasteiger partial charge is 0.272 e. The van der Waals surface area contributed by atoms with E-state index in [2.05, 4.69) is 50.7 Å². The standard InChI is InChI=1S/C23H19N7O/c1-31-19-7-5-18(6-8-19)23(9-10-23)21-20(27-22-28-26-14-30(22)29-21)16-4-2-3-15(11-16)17-12-24-25-13-17/h2-8,11-14H,9-10H2,1H3,(H,24,25). The van der Waals surface area contributed by atoms with Crippen LogP contribution in [0.3, 0.4) is 0 Å². The number of nitrogens with zero attached hydrogens (tertiary/aromatic N) is 6. The van der Waals surface area contributed by atoms with E-state index >= 15 is 0 Å². The van der Waals surface area contributed by atoms with Gasteiger partial charge in [-0.2, -0.15) is 14.7 Å². The van der Waals surface area contributed by atoms with E-state index in [9.17, 15) is 0 Å². The van der Waals surface area contributed by atoms with Gasteiger partial charge in [0.05, 0.1) is 24.7 Å². The lowest BCUT2D eigenvalue weighted by atomic mass is 9.89. The summed E-state index contributed by atoms with van der Waals surface area (Å²) >= 11 is 0. The Morgan fingerprint density at radius 3 is 2.61 bits per heavy atom. The third kappa shape index (κ3) is 2.87. The number of nitrogens with one attached hydrogen (secondary N) is 1. The molecule has 3 heterocycles. The van der Waals surface area contributed by atoms with Crippen molar-refractivity contribution < 1.29 is 4.74 Å². The zero-order valence-corrected chi connectivity index (χ0v) is 16.9. The number of benzene rings is 2. The largest absolute Gasteiger partial charge is 0.497 e. The first-order valence-electron chi connectivity index (χ1n) is 10.1. The fraction of sp³-hybridized carbons (Fsp3) is 0.174. The van der Waals surface area contributed by atoms with Gasteiger partial charge in [0.1, 0.15) is 12.1 Å². The zero-order chi connectivity index (χ0) is 20.8. The lowest BCUT2D eigenvalue weighted by Crippen LogP contribution is -2.16. The highest BCUT2D eigenvalue weighted by molar-refractivity contribution is 5.73. The molecule has 0 unspecified atom stereocenters. The van der Waals surface area contributed by atoms with E-state index in [4.69, 9.17) is 14.8 Å². The normalized spacial score (nSPS) is 14.6. The highest BCUT2D eigenvalue weighted by Crippen LogP contribution is 2.55. The van der Waals surface area contributed by atoms with Crippen LogP contribution in [0.15, 0.2) is 67.3 Å². The molecule has 8 nitrogen and oxygen atoms in total. The molecule has 3 aromatic heterocycles. The van der Waals surface area contributed by atoms with Crippen LogP contribution >= 0.6 is 0 Å². The van der Waals surface area contributed by atoms with E-state index in [-0.39, 0.29) is 5.41 Å². The van der Waals surface area contributed by atoms with Crippen molar-refractivity contribution >= 4 is 5.78 Å². The first kappa shape index (κ1) is 17.8. The van der Waals surface area contributed by atoms with E-state index in [1.807, 2.05) is 30.6 Å². The maximum absolute atomic E-state index is 5.34. The summed E-state index contributed by atoms with van der Waals surface area (Å²) in [5.41, 5.74) is 5.88. The van der Waals surface area contributed by atoms with Crippen LogP contribution in [0.25, 0.3) is 28.2 Å². The van der Waals surface area contributed by atoms with Crippen LogP contribution in [0.1, 0.15) is 24.1 Å². The highest BCUT2D eigenvalue weighted by Gasteiger charge is 2.49. The molecule has 6 rings (SSSR count). The van der Waals surface area contributed by atoms with Gasteiger partial charge in [0.2, 0.25) is 0 Å². The molecule has 2 aromatic carbocycles. The Morgan fingerprint density at radius 1 is 1.03 bits per heavy atom. The molecule has 0 atom stereocenters. The predicted molar refractivity (Wildman–Crippen MR) is 115 cm³/mol. The van der Waals surface area contributed by atoms with Crippen molar-refractivity contribution in [1.82, 2.24) is 35.0 Å². The maximum atomic E-state index is 5.34. The molecule has 0 aliphatic heterocycles. The minimum Gasteiger partial charge on any atom is -0.497 e. The number of fused-ring (bicyclic) bond motifs is 1. The van der Waals surface area contributed by atoms with Gasteiger partial charge in [-0.3, -0.25) is 5.10 Å². The van der Waals surface area contributed by atoms with E-state index < -0.39 is 0 Å². The van der Waals surface area contributed by atoms with Crippen LogP contribution in [0.2, 0.25) is 0 Å². The van der Waals surface area contributed by atoms with Crippen LogP contribution in [0.5, 0.6) is 5.75 Å². The molecule has 1 fully saturated rings. The third-order valence-corrected chi connectivity index (χ3v) is 5.97. The summed E-state index contributed by atoms with van der Waals surface area (Å²) in [7, 11) is 1.68. The minimum absolute atomic E-state index is 0.182. The van der Waals surface area contributed by atoms with Gasteiger partial charge in [0, 0.05) is 22.7 Å². The van der Waals surface area contributed by atoms with Crippen LogP contribution in [-0.2, 0) is 5.41 Å². The average Bonchev–Trinajstić information content (AvgIpc) is 3.22. The van der Waals surface area contributed by atoms with Crippen molar-refractivity contribution in [3.63, 3.8) is 0 Å². The van der Waals surface area contributed by atoms with E-state index in [1.165, 1.54) is 5.56 Å². The Morgan fingerprint density at radius 2 is 1.87 bits per heavy atom. The summed E-state index contributed by atoms with van der Waals surface area (Å²) < 4.78 is 7.00. The molecule has 0 amide bonds. The van der Waals surface area contributed by atoms with Crippen LogP contribution in [0, 0.1) is 0 Å². The minimum atomic E-state index is -0.182. The number of rotatable bonds is 5. The number of H-pyrrole nitrogens is 1. The molecule has 1 N–H and O–H groups in total. The molecular weight excluding hydrogens is 390 g/mol. The lowest BCUT2D eigenvalue weighted by Gasteiger charge is -2.19. The molecule has 31 heavy (non-hydrogen) atoms. The van der Waals surface area contributed by atoms with Crippen molar-refractivity contribution in [2.75, 3.05) is 7.11 Å². The Hall–Kier alpha value is -4.07. The second-order valence-corrected chi connectivity index (χ2v) is 7.76. The first-order valence-corrected chi connectivity index (χ1v) is 10.1. The Bertz CT molecular complexity index is 1370. The summed E-state index contributed by atoms with van der Waals surface area (Å²) in [6.45, 7) is 0. The van der Waals surface area contributed by atoms with E-state index in [1.54, 1.807) is 18.0 Å². The van der Waals surface area contributed by atoms with Gasteiger partial charge in [-0.25, -0.2) is 4.98 Å². The third-order valence-electron chi connectivity index (χ3n) is 5.97. The monoisotopic (exact) mass is 409 g/mol. The van der Waals surface area contributed by atoms with Crippen LogP contribution in [0.4, 0.5) is 0 Å². The fourth-order valence-corrected chi connectivity index (χ4v) is 4.15. The summed E-state index contributed by atoms with van der Waals surface area (Å²) in [6.07, 6.45) is 7.31. The molecule has 1 aliphatic carbocycles. The van der Waals surface area contributed by atoms with Crippen molar-refractivity contribution in [1.29, 1.82) is 0 Å². The average molecular weight is 409 g/mol. The molecule has 1 aliphatic rings. The topological polar surface area (TPSA) is 93.9 Å². The van der Waals surface area contributed by atoms with Crippen molar-refractivity contribution in [2.45, 2.75) is 18.3 Å². The van der Waals surface area contributed by atoms with Crippen molar-refractivity contribution in [3.8, 4) is 28.1 Å². The van der Waals surface area contributed by atoms with Gasteiger partial charge >= 0.3 is 0 Å². The molecule has 152 valence electrons. The molecule has 0 bridgehead atoms. The van der Waals surface area contributed by atoms with Crippen LogP contribution < -0.4 is 4.74 Å². The second kappa shape index (κ2) is 6.73. The number of ether oxygens (including phenoxy) is 1. The van der Waals surface area contributed by atoms with Gasteiger partial charge in [-0.15, -0.1) is 10.2 Å². The van der Waals surface area contributed by atoms with E-state index in [0.717, 1.165) is 46.7 Å². The summed E-state index contributed by atoms with van der Waals surface area (Å²) in [5, 5.41) is 20.0. The zero-order valence-electron chi connectivity index (χ0n) is 16.9. The number of aromatic amines is 1. The maximum Gasteiger partial charge on any atom is 0.272 e. The first-order chi connectivity index (χ1) is 15.3. The molecule has 8 heteroatoms. The van der Waals surface area contributed by atoms with Gasteiger partial charge in [-0.05, 0) is 42.2 Å². The van der Waals surface area contributed by atoms with Gasteiger partial charge in [0.25, 0.3) is 5.78 Å². The summed E-state index contributed by atoms with van der Waals surface area (Å²) in [4.78, 5) is 4.87. The SMILES string of the molecule is COc1ccc(C2(c3nn4cnnc4nc3-c3cccc(-c4cn[nH]c4)c3)CC2)cc1. The molecule has 5 aromatic rings. The van der Waals surface area contributed by atoms with Gasteiger partial charge in [-0.1, -0.05) is 30.3 Å². The summed E-state index contributed by atoms with van der Waals surface area (Å²) in [6, 6.07) is 16.5. The molecule has 0 spiro atoms. The predicted octanol–water partition coefficient (Wildman–Crippen LogP) is 3.66. The number of hydrogen-bond acceptors (Lipinski definition) is 6. The lowest BCUT2D eigenvalue weighted by molar-refractivity contribution is 0.414. The number of aromatic nitrogens is 7. The quantitative estimate of drug-likeness (QED) is 0.476. The molecule has 0 saturated heterocycles. The van der Waals surface area contributed by atoms with Crippen molar-refractivity contribution in [3.05, 3.63) is 78.5 Å². The Balaban J connectivity index is 1.54. The molecule has 1 saturated carbocycles. The van der Waals surface area contributed by atoms with E-state index in [0.29, 0.717) is 5.78 Å². The molecular formula is C23H19N7O. The number of methoxy groups -OCH3 is 1. The van der Waals surface area contributed by atoms with Gasteiger partial charge in [0.15, 0.2) is 0 Å². The Kier molecular flexibility index (Phi) is 3.86. The van der Waals surface area contributed by atoms with Crippen molar-refractivity contribution in [2.24, 2.45) is 0 Å². The number of hydrogen-bond donors (Lipinski definition) is 1. The fourth-order valence-electron chi connectivity index (χ4n) is 4.15. The summed E-state index contributed by atoms with van der Waals surface area (Å²) in [5.74, 6) is 1.32. The highest BCUT2D eigenvalue weighted by atomic mass is 16.5. The van der Waals surface area contributed by atoms with Gasteiger partial charge < -0.3 is 4.74 Å². The Labute approximate surface area is 178 Å². The second-order valence-electron chi connectivity index (χ2n) is 7.76. The molecule has 0 radical (unpaired) electrons. The van der Waals surface area contributed by atoms with Crippen LogP contribution in [-0.4, -0.2) is 42.1 Å².